The standard InChI is InChI=1S/C23H33FN4O2.HI/c1-15-8-9-17(12-19(15)24)16(2)27-23(25-3)26-14-20(28(4)5)18-10-11-21(29-6)22(13-18)30-7;/h8-13,16,20H,14H2,1-7H3,(H2,25,26,27);1H. The molecule has 0 spiro atoms. The number of hydrogen-bond donors (Lipinski definition) is 2. The monoisotopic (exact) mass is 544 g/mol. The van der Waals surface area contributed by atoms with Crippen LogP contribution in [0.3, 0.4) is 0 Å². The molecule has 0 fully saturated rings. The van der Waals surface area contributed by atoms with Gasteiger partial charge in [0.25, 0.3) is 0 Å². The number of ether oxygens (including phenoxy) is 2. The Kier molecular flexibility index (Phi) is 11.1. The number of hydrogen-bond acceptors (Lipinski definition) is 4. The van der Waals surface area contributed by atoms with Crippen molar-refractivity contribution in [2.24, 2.45) is 4.99 Å². The third-order valence-electron chi connectivity index (χ3n) is 5.15. The first-order valence-corrected chi connectivity index (χ1v) is 9.92. The number of aryl methyl sites for hydroxylation is 1. The fourth-order valence-corrected chi connectivity index (χ4v) is 3.21. The maximum Gasteiger partial charge on any atom is 0.191 e. The van der Waals surface area contributed by atoms with Crippen LogP contribution in [0.5, 0.6) is 11.5 Å². The van der Waals surface area contributed by atoms with E-state index < -0.39 is 0 Å². The zero-order valence-corrected chi connectivity index (χ0v) is 21.7. The van der Waals surface area contributed by atoms with Crippen LogP contribution in [0.2, 0.25) is 0 Å². The summed E-state index contributed by atoms with van der Waals surface area (Å²) < 4.78 is 24.7. The Bertz CT molecular complexity index is 877. The number of nitrogens with one attached hydrogen (secondary N) is 2. The molecule has 0 aromatic heterocycles. The van der Waals surface area contributed by atoms with E-state index in [0.29, 0.717) is 29.6 Å². The summed E-state index contributed by atoms with van der Waals surface area (Å²) >= 11 is 0. The predicted molar refractivity (Wildman–Crippen MR) is 135 cm³/mol. The Morgan fingerprint density at radius 2 is 1.71 bits per heavy atom. The Hall–Kier alpha value is -2.07. The minimum atomic E-state index is -0.203. The average Bonchev–Trinajstić information content (AvgIpc) is 2.74. The zero-order valence-electron chi connectivity index (χ0n) is 19.3. The van der Waals surface area contributed by atoms with Gasteiger partial charge in [0.05, 0.1) is 26.3 Å². The summed E-state index contributed by atoms with van der Waals surface area (Å²) in [4.78, 5) is 6.44. The lowest BCUT2D eigenvalue weighted by Crippen LogP contribution is -2.42. The number of rotatable bonds is 8. The highest BCUT2D eigenvalue weighted by Crippen LogP contribution is 2.31. The van der Waals surface area contributed by atoms with Gasteiger partial charge in [-0.05, 0) is 62.8 Å². The van der Waals surface area contributed by atoms with E-state index in [4.69, 9.17) is 9.47 Å². The highest BCUT2D eigenvalue weighted by Gasteiger charge is 2.18. The minimum absolute atomic E-state index is 0. The third kappa shape index (κ3) is 7.24. The number of guanidine groups is 1. The zero-order chi connectivity index (χ0) is 22.3. The van der Waals surface area contributed by atoms with Gasteiger partial charge in [0.1, 0.15) is 5.82 Å². The Balaban J connectivity index is 0.00000480. The molecule has 2 aromatic carbocycles. The van der Waals surface area contributed by atoms with Crippen LogP contribution in [0.1, 0.15) is 35.7 Å². The Morgan fingerprint density at radius 1 is 1.06 bits per heavy atom. The second-order valence-corrected chi connectivity index (χ2v) is 7.42. The van der Waals surface area contributed by atoms with Crippen LogP contribution in [0.4, 0.5) is 4.39 Å². The molecule has 0 saturated carbocycles. The molecule has 0 radical (unpaired) electrons. The first kappa shape index (κ1) is 27.0. The van der Waals surface area contributed by atoms with Gasteiger partial charge in [0.2, 0.25) is 0 Å². The summed E-state index contributed by atoms with van der Waals surface area (Å²) in [5.41, 5.74) is 2.59. The molecule has 172 valence electrons. The van der Waals surface area contributed by atoms with E-state index in [1.54, 1.807) is 40.3 Å². The van der Waals surface area contributed by atoms with Crippen molar-refractivity contribution in [3.05, 3.63) is 58.9 Å². The number of methoxy groups -OCH3 is 2. The molecule has 0 amide bonds. The summed E-state index contributed by atoms with van der Waals surface area (Å²) in [5, 5.41) is 6.70. The number of nitrogens with zero attached hydrogens (tertiary/aromatic N) is 2. The first-order chi connectivity index (χ1) is 14.3. The second kappa shape index (κ2) is 12.7. The van der Waals surface area contributed by atoms with E-state index in [9.17, 15) is 4.39 Å². The normalized spacial score (nSPS) is 13.3. The summed E-state index contributed by atoms with van der Waals surface area (Å²) in [6, 6.07) is 11.2. The largest absolute Gasteiger partial charge is 0.493 e. The van der Waals surface area contributed by atoms with Gasteiger partial charge >= 0.3 is 0 Å². The van der Waals surface area contributed by atoms with Gasteiger partial charge in [-0.3, -0.25) is 4.99 Å². The van der Waals surface area contributed by atoms with Gasteiger partial charge in [-0.15, -0.1) is 24.0 Å². The number of aliphatic imine (C=N–C) groups is 1. The number of benzene rings is 2. The molecule has 2 aromatic rings. The van der Waals surface area contributed by atoms with Crippen molar-refractivity contribution in [2.45, 2.75) is 25.9 Å². The molecule has 0 aliphatic heterocycles. The van der Waals surface area contributed by atoms with Gasteiger partial charge in [0, 0.05) is 13.6 Å². The Morgan fingerprint density at radius 3 is 2.26 bits per heavy atom. The number of likely N-dealkylation sites (N-methyl/N-ethyl adjacent to an activating group) is 1. The third-order valence-corrected chi connectivity index (χ3v) is 5.15. The van der Waals surface area contributed by atoms with Crippen molar-refractivity contribution in [3.63, 3.8) is 0 Å². The van der Waals surface area contributed by atoms with Crippen molar-refractivity contribution in [2.75, 3.05) is 41.9 Å². The van der Waals surface area contributed by atoms with E-state index in [1.165, 1.54) is 0 Å². The fourth-order valence-electron chi connectivity index (χ4n) is 3.21. The van der Waals surface area contributed by atoms with Gasteiger partial charge in [0.15, 0.2) is 17.5 Å². The molecule has 2 rings (SSSR count). The topological polar surface area (TPSA) is 58.1 Å². The van der Waals surface area contributed by atoms with E-state index in [0.717, 1.165) is 11.1 Å². The molecule has 0 aliphatic carbocycles. The van der Waals surface area contributed by atoms with Gasteiger partial charge in [-0.1, -0.05) is 18.2 Å². The van der Waals surface area contributed by atoms with Crippen LogP contribution in [0, 0.1) is 12.7 Å². The molecule has 0 bridgehead atoms. The van der Waals surface area contributed by atoms with Crippen molar-refractivity contribution in [1.82, 2.24) is 15.5 Å². The molecule has 0 aliphatic rings. The highest BCUT2D eigenvalue weighted by atomic mass is 127. The summed E-state index contributed by atoms with van der Waals surface area (Å²) in [6.07, 6.45) is 0. The van der Waals surface area contributed by atoms with Crippen molar-refractivity contribution >= 4 is 29.9 Å². The van der Waals surface area contributed by atoms with Crippen molar-refractivity contribution in [3.8, 4) is 11.5 Å². The molecule has 8 heteroatoms. The molecule has 2 N–H and O–H groups in total. The SMILES string of the molecule is CN=C(NCC(c1ccc(OC)c(OC)c1)N(C)C)NC(C)c1ccc(C)c(F)c1.I. The van der Waals surface area contributed by atoms with Gasteiger partial charge in [-0.2, -0.15) is 0 Å². The smallest absolute Gasteiger partial charge is 0.191 e. The molecule has 31 heavy (non-hydrogen) atoms. The van der Waals surface area contributed by atoms with Gasteiger partial charge < -0.3 is 25.0 Å². The minimum Gasteiger partial charge on any atom is -0.493 e. The maximum atomic E-state index is 13.9. The van der Waals surface area contributed by atoms with Crippen molar-refractivity contribution < 1.29 is 13.9 Å². The molecule has 6 nitrogen and oxygen atoms in total. The van der Waals surface area contributed by atoms with E-state index in [-0.39, 0.29) is 41.9 Å². The highest BCUT2D eigenvalue weighted by molar-refractivity contribution is 14.0. The summed E-state index contributed by atoms with van der Waals surface area (Å²) in [7, 11) is 9.03. The predicted octanol–water partition coefficient (Wildman–Crippen LogP) is 4.30. The summed E-state index contributed by atoms with van der Waals surface area (Å²) in [6.45, 7) is 4.36. The lowest BCUT2D eigenvalue weighted by Gasteiger charge is -2.27. The fraction of sp³-hybridized carbons (Fsp3) is 0.435. The van der Waals surface area contributed by atoms with Crippen LogP contribution in [0.15, 0.2) is 41.4 Å². The van der Waals surface area contributed by atoms with E-state index >= 15 is 0 Å². The molecule has 0 saturated heterocycles. The number of halogens is 2. The lowest BCUT2D eigenvalue weighted by atomic mass is 10.0. The van der Waals surface area contributed by atoms with Crippen LogP contribution >= 0.6 is 24.0 Å². The van der Waals surface area contributed by atoms with Crippen LogP contribution in [-0.2, 0) is 0 Å². The van der Waals surface area contributed by atoms with Crippen molar-refractivity contribution in [1.29, 1.82) is 0 Å². The maximum absolute atomic E-state index is 13.9. The van der Waals surface area contributed by atoms with Crippen LogP contribution in [-0.4, -0.2) is 52.8 Å². The summed E-state index contributed by atoms with van der Waals surface area (Å²) in [5.74, 6) is 1.84. The quantitative estimate of drug-likeness (QED) is 0.295. The molecule has 2 unspecified atom stereocenters. The van der Waals surface area contributed by atoms with Gasteiger partial charge in [-0.25, -0.2) is 4.39 Å². The van der Waals surface area contributed by atoms with E-state index in [1.807, 2.05) is 45.3 Å². The van der Waals surface area contributed by atoms with Crippen LogP contribution in [0.25, 0.3) is 0 Å². The van der Waals surface area contributed by atoms with Crippen LogP contribution < -0.4 is 20.1 Å². The molecule has 2 atom stereocenters. The second-order valence-electron chi connectivity index (χ2n) is 7.42. The molecular formula is C23H34FIN4O2. The average molecular weight is 544 g/mol. The molecule has 0 heterocycles. The Labute approximate surface area is 202 Å². The molecular weight excluding hydrogens is 510 g/mol. The van der Waals surface area contributed by atoms with E-state index in [2.05, 4.69) is 20.5 Å². The lowest BCUT2D eigenvalue weighted by molar-refractivity contribution is 0.295. The first-order valence-electron chi connectivity index (χ1n) is 9.92.